The van der Waals surface area contributed by atoms with Crippen LogP contribution in [0.2, 0.25) is 18.6 Å². The first-order valence-electron chi connectivity index (χ1n) is 17.2. The van der Waals surface area contributed by atoms with Crippen molar-refractivity contribution in [2.24, 2.45) is 5.92 Å². The number of aliphatic hydroxyl groups excluding tert-OH is 1. The van der Waals surface area contributed by atoms with Crippen molar-refractivity contribution in [3.8, 4) is 0 Å². The van der Waals surface area contributed by atoms with Crippen molar-refractivity contribution >= 4 is 47.4 Å². The van der Waals surface area contributed by atoms with Crippen molar-refractivity contribution < 1.29 is 24.2 Å². The van der Waals surface area contributed by atoms with Gasteiger partial charge < -0.3 is 29.8 Å². The predicted molar refractivity (Wildman–Crippen MR) is 196 cm³/mol. The van der Waals surface area contributed by atoms with E-state index in [0.717, 1.165) is 39.1 Å². The number of nitrogens with one attached hydrogen (secondary N) is 1. The number of piperazine rings is 1. The Morgan fingerprint density at radius 2 is 1.90 bits per heavy atom. The van der Waals surface area contributed by atoms with Crippen LogP contribution in [0.4, 0.5) is 11.4 Å². The van der Waals surface area contributed by atoms with E-state index in [-0.39, 0.29) is 35.8 Å². The highest BCUT2D eigenvalue weighted by molar-refractivity contribution is 9.10. The highest BCUT2D eigenvalue weighted by Crippen LogP contribution is 2.60. The molecule has 262 valence electrons. The number of rotatable bonds is 10. The van der Waals surface area contributed by atoms with Crippen LogP contribution in [-0.2, 0) is 33.0 Å². The van der Waals surface area contributed by atoms with Crippen molar-refractivity contribution in [1.82, 2.24) is 20.3 Å². The van der Waals surface area contributed by atoms with Gasteiger partial charge in [-0.15, -0.1) is 5.10 Å². The van der Waals surface area contributed by atoms with Gasteiger partial charge in [-0.2, -0.15) is 0 Å². The summed E-state index contributed by atoms with van der Waals surface area (Å²) in [5.74, 6) is -0.725. The quantitative estimate of drug-likeness (QED) is 0.201. The largest absolute Gasteiger partial charge is 0.432 e. The van der Waals surface area contributed by atoms with E-state index in [4.69, 9.17) is 4.74 Å². The maximum absolute atomic E-state index is 14.9. The molecule has 1 spiro atoms. The van der Waals surface area contributed by atoms with Crippen LogP contribution < -0.4 is 15.1 Å². The number of aryl methyl sites for hydroxylation is 1. The van der Waals surface area contributed by atoms with E-state index in [1.54, 1.807) is 14.5 Å². The zero-order valence-corrected chi connectivity index (χ0v) is 31.1. The fraction of sp³-hybridized carbons (Fsp3) is 0.405. The fourth-order valence-electron chi connectivity index (χ4n) is 8.26. The molecular weight excluding hydrogens is 716 g/mol. The molecule has 2 amide bonds. The lowest BCUT2D eigenvalue weighted by Crippen LogP contribution is -2.48. The van der Waals surface area contributed by atoms with Crippen molar-refractivity contribution in [3.05, 3.63) is 106 Å². The summed E-state index contributed by atoms with van der Waals surface area (Å²) in [7, 11) is -2.87. The second-order valence-corrected chi connectivity index (χ2v) is 19.0. The Labute approximate surface area is 301 Å². The van der Waals surface area contributed by atoms with E-state index in [9.17, 15) is 19.5 Å². The molecule has 4 aromatic rings. The second-order valence-electron chi connectivity index (χ2n) is 14.1. The van der Waals surface area contributed by atoms with Crippen molar-refractivity contribution in [2.45, 2.75) is 62.7 Å². The molecule has 5 atom stereocenters. The van der Waals surface area contributed by atoms with Crippen LogP contribution in [-0.4, -0.2) is 77.4 Å². The minimum atomic E-state index is -2.87. The predicted octanol–water partition coefficient (Wildman–Crippen LogP) is 4.54. The van der Waals surface area contributed by atoms with Crippen LogP contribution in [0.3, 0.4) is 0 Å². The van der Waals surface area contributed by atoms with Gasteiger partial charge in [0.2, 0.25) is 5.91 Å². The Hall–Kier alpha value is -3.72. The van der Waals surface area contributed by atoms with Crippen molar-refractivity contribution in [3.63, 3.8) is 0 Å². The first kappa shape index (κ1) is 34.7. The van der Waals surface area contributed by atoms with E-state index in [2.05, 4.69) is 31.6 Å². The highest BCUT2D eigenvalue weighted by Gasteiger charge is 2.66. The molecule has 3 aliphatic rings. The molecule has 3 aliphatic heterocycles. The first-order valence-corrected chi connectivity index (χ1v) is 21.0. The third-order valence-electron chi connectivity index (χ3n) is 10.5. The average Bonchev–Trinajstić information content (AvgIpc) is 3.75. The Bertz CT molecular complexity index is 1890. The summed E-state index contributed by atoms with van der Waals surface area (Å²) in [6.45, 7) is 8.18. The molecule has 0 radical (unpaired) electrons. The summed E-state index contributed by atoms with van der Waals surface area (Å²) in [5, 5.41) is 22.0. The van der Waals surface area contributed by atoms with E-state index >= 15 is 0 Å². The summed E-state index contributed by atoms with van der Waals surface area (Å²) < 4.78 is 9.62. The number of hydrogen-bond donors (Lipinski definition) is 3. The fourth-order valence-corrected chi connectivity index (χ4v) is 11.2. The molecule has 2 fully saturated rings. The van der Waals surface area contributed by atoms with E-state index in [1.165, 1.54) is 0 Å². The number of ether oxygens (including phenoxy) is 1. The molecule has 3 aromatic carbocycles. The van der Waals surface area contributed by atoms with Gasteiger partial charge in [0.25, 0.3) is 5.91 Å². The van der Waals surface area contributed by atoms with Gasteiger partial charge in [-0.3, -0.25) is 14.3 Å². The van der Waals surface area contributed by atoms with Gasteiger partial charge in [0.05, 0.1) is 43.1 Å². The van der Waals surface area contributed by atoms with Gasteiger partial charge in [-0.1, -0.05) is 70.5 Å². The van der Waals surface area contributed by atoms with Gasteiger partial charge in [0.1, 0.15) is 0 Å². The smallest absolute Gasteiger partial charge is 0.264 e. The number of carbonyl (C=O) groups excluding carboxylic acids is 2. The van der Waals surface area contributed by atoms with Crippen molar-refractivity contribution in [1.29, 1.82) is 0 Å². The van der Waals surface area contributed by atoms with Gasteiger partial charge in [-0.05, 0) is 61.0 Å². The molecular formula is C37H43BrN6O5Si. The molecule has 0 aliphatic carbocycles. The number of nitrogens with zero attached hydrogens (tertiary/aromatic N) is 5. The van der Waals surface area contributed by atoms with Crippen LogP contribution >= 0.6 is 15.9 Å². The van der Waals surface area contributed by atoms with Gasteiger partial charge in [0.15, 0.2) is 13.9 Å². The molecule has 0 saturated carbocycles. The summed E-state index contributed by atoms with van der Waals surface area (Å²) in [4.78, 5) is 42.8. The molecule has 50 heavy (non-hydrogen) atoms. The van der Waals surface area contributed by atoms with Crippen LogP contribution in [0.15, 0.2) is 83.5 Å². The van der Waals surface area contributed by atoms with Crippen LogP contribution in [0.25, 0.3) is 0 Å². The number of halogens is 1. The topological polar surface area (TPSA) is 133 Å². The number of carbonyl (C=O) groups is 2. The number of hydrogen-bond acceptors (Lipinski definition) is 8. The first-order chi connectivity index (χ1) is 24.0. The highest BCUT2D eigenvalue weighted by atomic mass is 79.9. The molecule has 3 N–H and O–H groups in total. The number of amides is 2. The molecule has 0 bridgehead atoms. The van der Waals surface area contributed by atoms with Crippen LogP contribution in [0.5, 0.6) is 0 Å². The third-order valence-corrected chi connectivity index (χ3v) is 13.5. The van der Waals surface area contributed by atoms with Crippen LogP contribution in [0.1, 0.15) is 41.6 Å². The summed E-state index contributed by atoms with van der Waals surface area (Å²) in [6.07, 6.45) is 1.96. The summed E-state index contributed by atoms with van der Waals surface area (Å²) in [5.41, 5.74) is 3.41. The van der Waals surface area contributed by atoms with E-state index in [0.29, 0.717) is 38.3 Å². The molecule has 13 heteroatoms. The molecule has 4 heterocycles. The van der Waals surface area contributed by atoms with Crippen LogP contribution in [0, 0.1) is 5.92 Å². The number of aromatic nitrogens is 3. The molecule has 1 aromatic heterocycles. The lowest BCUT2D eigenvalue weighted by atomic mass is 9.82. The Kier molecular flexibility index (Phi) is 9.56. The van der Waals surface area contributed by atoms with Gasteiger partial charge in [0, 0.05) is 53.0 Å². The summed E-state index contributed by atoms with van der Waals surface area (Å²) >= 11 is 3.64. The molecule has 2 saturated heterocycles. The lowest BCUT2D eigenvalue weighted by molar-refractivity contribution is -0.146. The molecule has 7 rings (SSSR count). The maximum Gasteiger partial charge on any atom is 0.264 e. The number of aliphatic hydroxyl groups is 1. The minimum Gasteiger partial charge on any atom is -0.432 e. The standard InChI is InChI=1S/C37H43BrN6O5Si/c1-24-35(50(2,3)48)33(14-16-42-22-31(40-41-42)29(23-45)26-9-5-4-6-10-26)49-37(24)30-19-27(38)12-13-32(30)44(36(37)47)21-25-8-7-11-28(18-25)43-17-15-39-20-34(43)46/h4-13,18-19,22,24,29,33,35,39,45,48H,14-17,20-21,23H2,1-3H3/t24-,29?,33+,35-,37+/m0/s1. The number of benzene rings is 3. The minimum absolute atomic E-state index is 0.0207. The Balaban J connectivity index is 1.17. The normalized spacial score (nSPS) is 24.3. The van der Waals surface area contributed by atoms with E-state index < -0.39 is 20.0 Å². The van der Waals surface area contributed by atoms with Gasteiger partial charge >= 0.3 is 0 Å². The zero-order valence-electron chi connectivity index (χ0n) is 28.5. The zero-order chi connectivity index (χ0) is 35.2. The lowest BCUT2D eigenvalue weighted by Gasteiger charge is -2.32. The van der Waals surface area contributed by atoms with E-state index in [1.807, 2.05) is 99.0 Å². The number of fused-ring (bicyclic) bond motifs is 2. The van der Waals surface area contributed by atoms with Gasteiger partial charge in [-0.25, -0.2) is 0 Å². The second kappa shape index (κ2) is 13.8. The Morgan fingerprint density at radius 3 is 2.64 bits per heavy atom. The SMILES string of the molecule is C[C@H]1[C@H]([Si](C)(C)O)[C@@H](CCn2cc(C(CO)c3ccccc3)nn2)O[C@]12C(=O)N(Cc1cccc(N3CCNCC3=O)c1)c1ccc(Br)cc12. The molecule has 1 unspecified atom stereocenters. The molecule has 11 nitrogen and oxygen atoms in total. The maximum atomic E-state index is 14.9. The summed E-state index contributed by atoms with van der Waals surface area (Å²) in [6, 6.07) is 23.4. The Morgan fingerprint density at radius 1 is 1.10 bits per heavy atom. The monoisotopic (exact) mass is 758 g/mol. The third kappa shape index (κ3) is 6.24. The average molecular weight is 760 g/mol. The number of anilines is 2. The van der Waals surface area contributed by atoms with Crippen molar-refractivity contribution in [2.75, 3.05) is 36.0 Å².